The Morgan fingerprint density at radius 3 is 1.93 bits per heavy atom. The standard InChI is InChI=1S/C15H12NO.2C8H7N3.Os/c1-3-9-17-14-6-4-5-13(11-14)15-10-12(2)7-8-16-15;2*1-2-5-9-8(4-1)11-7-3-6-10-11;/h1,4,6-8,10-11H,9H2,2H3;2*1-7H;/q-1;;;+1. The van der Waals surface area contributed by atoms with E-state index in [2.05, 4.69) is 37.1 Å². The second kappa shape index (κ2) is 16.1. The van der Waals surface area contributed by atoms with Gasteiger partial charge in [-0.25, -0.2) is 19.3 Å². The largest absolute Gasteiger partial charge is 1.00 e. The molecule has 5 aromatic heterocycles. The number of hydrogen-bond donors (Lipinski definition) is 0. The molecular weight excluding hydrogens is 677 g/mol. The van der Waals surface area contributed by atoms with Crippen LogP contribution in [0.1, 0.15) is 5.56 Å². The van der Waals surface area contributed by atoms with Crippen LogP contribution in [0.4, 0.5) is 0 Å². The van der Waals surface area contributed by atoms with E-state index in [1.807, 2.05) is 98.2 Å². The fraction of sp³-hybridized carbons (Fsp3) is 0.0645. The number of hydrogen-bond acceptors (Lipinski definition) is 6. The summed E-state index contributed by atoms with van der Waals surface area (Å²) in [5.74, 6) is 4.86. The summed E-state index contributed by atoms with van der Waals surface area (Å²) in [6.07, 6.45) is 17.6. The molecule has 0 fully saturated rings. The summed E-state index contributed by atoms with van der Waals surface area (Å²) >= 11 is 0. The summed E-state index contributed by atoms with van der Waals surface area (Å²) in [4.78, 5) is 12.5. The Morgan fingerprint density at radius 1 is 0.775 bits per heavy atom. The van der Waals surface area contributed by atoms with Crippen LogP contribution in [0.3, 0.4) is 0 Å². The summed E-state index contributed by atoms with van der Waals surface area (Å²) in [5, 5.41) is 8.08. The SMILES string of the molecule is C#CCOc1cc[c-]c(-c2cc(C)ccn2)c1.[Os+].c1ccc(-n2cccn2)nc1.c1ccc(-n2cccn2)nc1. The zero-order chi connectivity index (χ0) is 27.1. The van der Waals surface area contributed by atoms with Gasteiger partial charge in [0.05, 0.1) is 0 Å². The summed E-state index contributed by atoms with van der Waals surface area (Å²) < 4.78 is 8.81. The van der Waals surface area contributed by atoms with E-state index in [0.717, 1.165) is 28.6 Å². The van der Waals surface area contributed by atoms with Crippen molar-refractivity contribution in [2.24, 2.45) is 0 Å². The summed E-state index contributed by atoms with van der Waals surface area (Å²) in [6, 6.07) is 27.8. The molecule has 40 heavy (non-hydrogen) atoms. The molecule has 0 unspecified atom stereocenters. The average Bonchev–Trinajstić information content (AvgIpc) is 3.74. The van der Waals surface area contributed by atoms with Crippen LogP contribution in [0, 0.1) is 25.3 Å². The van der Waals surface area contributed by atoms with Crippen molar-refractivity contribution in [2.45, 2.75) is 6.92 Å². The van der Waals surface area contributed by atoms with Gasteiger partial charge in [0.2, 0.25) is 0 Å². The molecule has 199 valence electrons. The van der Waals surface area contributed by atoms with Crippen LogP contribution in [0.25, 0.3) is 22.9 Å². The summed E-state index contributed by atoms with van der Waals surface area (Å²) in [5.41, 5.74) is 2.96. The Bertz CT molecular complexity index is 1500. The minimum atomic E-state index is 0. The number of nitrogens with zero attached hydrogens (tertiary/aromatic N) is 7. The fourth-order valence-electron chi connectivity index (χ4n) is 3.28. The number of benzene rings is 1. The molecule has 6 rings (SSSR count). The molecule has 0 bridgehead atoms. The van der Waals surface area contributed by atoms with Gasteiger partial charge in [0.25, 0.3) is 0 Å². The molecule has 0 amide bonds. The second-order valence-corrected chi connectivity index (χ2v) is 7.93. The molecule has 0 saturated carbocycles. The molecule has 0 saturated heterocycles. The first-order valence-corrected chi connectivity index (χ1v) is 12.1. The van der Waals surface area contributed by atoms with E-state index >= 15 is 0 Å². The van der Waals surface area contributed by atoms with Crippen LogP contribution < -0.4 is 4.74 Å². The maximum atomic E-state index is 5.36. The van der Waals surface area contributed by atoms with Gasteiger partial charge in [-0.2, -0.15) is 10.2 Å². The van der Waals surface area contributed by atoms with Crippen molar-refractivity contribution in [3.63, 3.8) is 0 Å². The number of rotatable bonds is 5. The van der Waals surface area contributed by atoms with Crippen LogP contribution >= 0.6 is 0 Å². The van der Waals surface area contributed by atoms with Crippen molar-refractivity contribution in [1.82, 2.24) is 34.5 Å². The van der Waals surface area contributed by atoms with E-state index in [1.165, 1.54) is 5.56 Å². The third-order valence-corrected chi connectivity index (χ3v) is 5.06. The van der Waals surface area contributed by atoms with Gasteiger partial charge in [0.15, 0.2) is 11.6 Å². The first-order valence-electron chi connectivity index (χ1n) is 12.1. The topological polar surface area (TPSA) is 83.5 Å². The summed E-state index contributed by atoms with van der Waals surface area (Å²) in [6.45, 7) is 2.30. The monoisotopic (exact) mass is 704 g/mol. The van der Waals surface area contributed by atoms with E-state index in [-0.39, 0.29) is 26.4 Å². The first-order chi connectivity index (χ1) is 19.2. The van der Waals surface area contributed by atoms with Crippen molar-refractivity contribution >= 4 is 0 Å². The quantitative estimate of drug-likeness (QED) is 0.177. The van der Waals surface area contributed by atoms with Crippen molar-refractivity contribution in [1.29, 1.82) is 0 Å². The summed E-state index contributed by atoms with van der Waals surface area (Å²) in [7, 11) is 0. The van der Waals surface area contributed by atoms with Gasteiger partial charge in [0, 0.05) is 49.1 Å². The van der Waals surface area contributed by atoms with Crippen LogP contribution in [-0.2, 0) is 19.8 Å². The third kappa shape index (κ3) is 9.13. The van der Waals surface area contributed by atoms with Crippen LogP contribution in [0.2, 0.25) is 0 Å². The molecular formula is C31H26N7OOs. The van der Waals surface area contributed by atoms with Crippen molar-refractivity contribution in [2.75, 3.05) is 6.61 Å². The zero-order valence-electron chi connectivity index (χ0n) is 21.7. The zero-order valence-corrected chi connectivity index (χ0v) is 24.3. The molecule has 1 aromatic carbocycles. The van der Waals surface area contributed by atoms with E-state index in [9.17, 15) is 0 Å². The number of pyridine rings is 3. The molecule has 0 aliphatic heterocycles. The number of terminal acetylenes is 1. The van der Waals surface area contributed by atoms with Crippen LogP contribution in [-0.4, -0.2) is 41.1 Å². The van der Waals surface area contributed by atoms with E-state index in [4.69, 9.17) is 11.2 Å². The average molecular weight is 703 g/mol. The normalized spacial score (nSPS) is 9.50. The van der Waals surface area contributed by atoms with Gasteiger partial charge in [-0.1, -0.05) is 29.7 Å². The van der Waals surface area contributed by atoms with Crippen molar-refractivity contribution < 1.29 is 24.5 Å². The minimum absolute atomic E-state index is 0. The fourth-order valence-corrected chi connectivity index (χ4v) is 3.28. The number of aromatic nitrogens is 7. The van der Waals surface area contributed by atoms with Gasteiger partial charge >= 0.3 is 19.8 Å². The number of aryl methyl sites for hydroxylation is 1. The van der Waals surface area contributed by atoms with Crippen molar-refractivity contribution in [3.8, 4) is 41.0 Å². The molecule has 9 heteroatoms. The molecule has 0 atom stereocenters. The predicted octanol–water partition coefficient (Wildman–Crippen LogP) is 5.40. The maximum absolute atomic E-state index is 5.36. The molecule has 0 spiro atoms. The number of ether oxygens (including phenoxy) is 1. The Labute approximate surface area is 246 Å². The molecule has 0 N–H and O–H groups in total. The molecule has 8 nitrogen and oxygen atoms in total. The maximum Gasteiger partial charge on any atom is 1.00 e. The smallest absolute Gasteiger partial charge is 0.500 e. The Balaban J connectivity index is 0.000000169. The van der Waals surface area contributed by atoms with Gasteiger partial charge < -0.3 is 9.72 Å². The van der Waals surface area contributed by atoms with Crippen molar-refractivity contribution in [3.05, 3.63) is 134 Å². The van der Waals surface area contributed by atoms with E-state index < -0.39 is 0 Å². The van der Waals surface area contributed by atoms with Crippen LogP contribution in [0.15, 0.2) is 122 Å². The second-order valence-electron chi connectivity index (χ2n) is 7.93. The predicted molar refractivity (Wildman–Crippen MR) is 150 cm³/mol. The molecule has 1 radical (unpaired) electrons. The van der Waals surface area contributed by atoms with E-state index in [0.29, 0.717) is 0 Å². The Kier molecular flexibility index (Phi) is 12.0. The first kappa shape index (κ1) is 29.6. The molecule has 0 aliphatic rings. The van der Waals surface area contributed by atoms with Gasteiger partial charge in [-0.15, -0.1) is 36.3 Å². The van der Waals surface area contributed by atoms with Gasteiger partial charge in [-0.3, -0.25) is 0 Å². The molecule has 6 aromatic rings. The van der Waals surface area contributed by atoms with Crippen LogP contribution in [0.5, 0.6) is 5.75 Å². The Morgan fingerprint density at radius 2 is 1.43 bits per heavy atom. The minimum Gasteiger partial charge on any atom is -0.500 e. The van der Waals surface area contributed by atoms with Gasteiger partial charge in [-0.05, 0) is 55.1 Å². The Hall–Kier alpha value is -4.91. The molecule has 0 aliphatic carbocycles. The molecule has 5 heterocycles. The van der Waals surface area contributed by atoms with E-state index in [1.54, 1.807) is 40.3 Å². The third-order valence-electron chi connectivity index (χ3n) is 5.06. The van der Waals surface area contributed by atoms with Gasteiger partial charge in [0.1, 0.15) is 6.61 Å².